The molecule has 1 amide bonds. The van der Waals surface area contributed by atoms with E-state index in [1.165, 1.54) is 12.3 Å². The number of hydrogen-bond donors (Lipinski definition) is 2. The zero-order valence-corrected chi connectivity index (χ0v) is 6.44. The van der Waals surface area contributed by atoms with Crippen LogP contribution < -0.4 is 11.2 Å². The molecule has 6 nitrogen and oxygen atoms in total. The van der Waals surface area contributed by atoms with Crippen LogP contribution in [0.5, 0.6) is 0 Å². The van der Waals surface area contributed by atoms with E-state index in [1.54, 1.807) is 0 Å². The van der Waals surface area contributed by atoms with E-state index < -0.39 is 12.1 Å². The molecule has 0 bridgehead atoms. The van der Waals surface area contributed by atoms with Crippen LogP contribution >= 0.6 is 0 Å². The van der Waals surface area contributed by atoms with Gasteiger partial charge in [0.15, 0.2) is 5.43 Å². The van der Waals surface area contributed by atoms with Crippen molar-refractivity contribution in [1.29, 1.82) is 0 Å². The van der Waals surface area contributed by atoms with Gasteiger partial charge in [-0.15, -0.1) is 0 Å². The Balaban J connectivity index is 2.89. The van der Waals surface area contributed by atoms with Crippen molar-refractivity contribution in [3.05, 3.63) is 34.2 Å². The van der Waals surface area contributed by atoms with Crippen molar-refractivity contribution in [3.8, 4) is 0 Å². The van der Waals surface area contributed by atoms with Crippen LogP contribution in [0.3, 0.4) is 0 Å². The molecule has 0 saturated heterocycles. The van der Waals surface area contributed by atoms with E-state index in [0.717, 1.165) is 6.07 Å². The third-order valence-electron chi connectivity index (χ3n) is 1.19. The number of primary amides is 1. The van der Waals surface area contributed by atoms with Gasteiger partial charge in [-0.1, -0.05) is 0 Å². The average Bonchev–Trinajstić information content (AvgIpc) is 2.03. The van der Waals surface area contributed by atoms with Gasteiger partial charge in [0.05, 0.1) is 0 Å². The van der Waals surface area contributed by atoms with E-state index in [1.807, 2.05) is 0 Å². The van der Waals surface area contributed by atoms with Crippen molar-refractivity contribution in [2.75, 3.05) is 0 Å². The molecule has 3 N–H and O–H groups in total. The van der Waals surface area contributed by atoms with Crippen LogP contribution in [0.4, 0.5) is 4.79 Å². The van der Waals surface area contributed by atoms with Gasteiger partial charge in [0.2, 0.25) is 0 Å². The molecular weight excluding hydrogens is 176 g/mol. The Morgan fingerprint density at radius 1 is 1.46 bits per heavy atom. The summed E-state index contributed by atoms with van der Waals surface area (Å²) in [5.74, 6) is -0.981. The number of esters is 1. The molecule has 6 heteroatoms. The van der Waals surface area contributed by atoms with Gasteiger partial charge in [0.1, 0.15) is 5.69 Å². The minimum atomic E-state index is -1.21. The van der Waals surface area contributed by atoms with Crippen LogP contribution in [-0.4, -0.2) is 17.0 Å². The van der Waals surface area contributed by atoms with E-state index in [9.17, 15) is 14.4 Å². The molecule has 1 aromatic heterocycles. The second kappa shape index (κ2) is 3.53. The van der Waals surface area contributed by atoms with Crippen molar-refractivity contribution in [3.63, 3.8) is 0 Å². The Labute approximate surface area is 72.3 Å². The van der Waals surface area contributed by atoms with Crippen LogP contribution in [0.15, 0.2) is 23.1 Å². The van der Waals surface area contributed by atoms with E-state index in [4.69, 9.17) is 0 Å². The SMILES string of the molecule is NC(=O)OC(=O)c1cc(=O)cc[nH]1. The monoisotopic (exact) mass is 182 g/mol. The van der Waals surface area contributed by atoms with Gasteiger partial charge in [-0.2, -0.15) is 0 Å². The highest BCUT2D eigenvalue weighted by Crippen LogP contribution is 1.92. The van der Waals surface area contributed by atoms with Gasteiger partial charge in [0.25, 0.3) is 0 Å². The molecule has 0 aromatic carbocycles. The van der Waals surface area contributed by atoms with Gasteiger partial charge in [-0.3, -0.25) is 4.79 Å². The summed E-state index contributed by atoms with van der Waals surface area (Å²) in [7, 11) is 0. The number of nitrogens with one attached hydrogen (secondary N) is 1. The maximum Gasteiger partial charge on any atom is 0.412 e. The van der Waals surface area contributed by atoms with Crippen molar-refractivity contribution in [1.82, 2.24) is 4.98 Å². The number of pyridine rings is 1. The number of carbonyl (C=O) groups is 2. The lowest BCUT2D eigenvalue weighted by molar-refractivity contribution is 0.0632. The Hall–Kier alpha value is -2.11. The smallest absolute Gasteiger partial charge is 0.372 e. The zero-order chi connectivity index (χ0) is 9.84. The Morgan fingerprint density at radius 2 is 2.15 bits per heavy atom. The maximum absolute atomic E-state index is 10.9. The Bertz CT molecular complexity index is 395. The third kappa shape index (κ3) is 2.44. The third-order valence-corrected chi connectivity index (χ3v) is 1.19. The van der Waals surface area contributed by atoms with Gasteiger partial charge >= 0.3 is 12.1 Å². The number of amides is 1. The van der Waals surface area contributed by atoms with Gasteiger partial charge in [-0.25, -0.2) is 9.59 Å². The predicted molar refractivity (Wildman–Crippen MR) is 42.1 cm³/mol. The van der Waals surface area contributed by atoms with E-state index in [-0.39, 0.29) is 11.1 Å². The minimum Gasteiger partial charge on any atom is -0.372 e. The number of ether oxygens (including phenoxy) is 1. The summed E-state index contributed by atoms with van der Waals surface area (Å²) in [5, 5.41) is 0. The van der Waals surface area contributed by atoms with Crippen molar-refractivity contribution in [2.45, 2.75) is 0 Å². The fraction of sp³-hybridized carbons (Fsp3) is 0. The summed E-state index contributed by atoms with van der Waals surface area (Å²) in [5.41, 5.74) is 4.11. The summed E-state index contributed by atoms with van der Waals surface area (Å²) in [6.07, 6.45) is 0.0506. The van der Waals surface area contributed by atoms with Crippen LogP contribution in [0.2, 0.25) is 0 Å². The predicted octanol–water partition coefficient (Wildman–Crippen LogP) is -0.390. The lowest BCUT2D eigenvalue weighted by atomic mass is 10.3. The molecule has 0 unspecified atom stereocenters. The van der Waals surface area contributed by atoms with Crippen molar-refractivity contribution < 1.29 is 14.3 Å². The number of aromatic amines is 1. The highest BCUT2D eigenvalue weighted by Gasteiger charge is 2.10. The molecule has 0 atom stereocenters. The number of hydrogen-bond acceptors (Lipinski definition) is 4. The summed E-state index contributed by atoms with van der Waals surface area (Å²) in [4.78, 5) is 34.2. The molecular formula is C7H6N2O4. The van der Waals surface area contributed by atoms with E-state index in [2.05, 4.69) is 15.5 Å². The molecule has 0 aliphatic heterocycles. The van der Waals surface area contributed by atoms with Crippen LogP contribution in [0.1, 0.15) is 10.5 Å². The number of rotatable bonds is 1. The highest BCUT2D eigenvalue weighted by molar-refractivity contribution is 5.94. The molecule has 0 fully saturated rings. The number of H-pyrrole nitrogens is 1. The second-order valence-electron chi connectivity index (χ2n) is 2.15. The molecule has 1 rings (SSSR count). The molecule has 13 heavy (non-hydrogen) atoms. The molecule has 68 valence electrons. The zero-order valence-electron chi connectivity index (χ0n) is 6.44. The van der Waals surface area contributed by atoms with Crippen LogP contribution in [0, 0.1) is 0 Å². The van der Waals surface area contributed by atoms with Crippen LogP contribution in [0.25, 0.3) is 0 Å². The minimum absolute atomic E-state index is 0.119. The Morgan fingerprint density at radius 3 is 2.69 bits per heavy atom. The molecule has 1 aromatic rings. The van der Waals surface area contributed by atoms with E-state index >= 15 is 0 Å². The standard InChI is InChI=1S/C7H6N2O4/c8-7(12)13-6(11)5-3-4(10)1-2-9-5/h1-3H,(H2,8,12)(H,9,10). The lowest BCUT2D eigenvalue weighted by Gasteiger charge is -1.97. The summed E-state index contributed by atoms with van der Waals surface area (Å²) in [6, 6.07) is 2.23. The number of carbonyl (C=O) groups excluding carboxylic acids is 2. The molecule has 0 aliphatic carbocycles. The highest BCUT2D eigenvalue weighted by atomic mass is 16.6. The second-order valence-corrected chi connectivity index (χ2v) is 2.15. The van der Waals surface area contributed by atoms with Gasteiger partial charge < -0.3 is 15.5 Å². The molecule has 0 radical (unpaired) electrons. The van der Waals surface area contributed by atoms with Gasteiger partial charge in [0, 0.05) is 18.3 Å². The first-order valence-electron chi connectivity index (χ1n) is 3.30. The molecule has 1 heterocycles. The van der Waals surface area contributed by atoms with Crippen molar-refractivity contribution >= 4 is 12.1 Å². The normalized spacial score (nSPS) is 9.23. The van der Waals surface area contributed by atoms with Gasteiger partial charge in [-0.05, 0) is 0 Å². The molecule has 0 spiro atoms. The first-order chi connectivity index (χ1) is 6.09. The van der Waals surface area contributed by atoms with Crippen LogP contribution in [-0.2, 0) is 4.74 Å². The largest absolute Gasteiger partial charge is 0.412 e. The first kappa shape index (κ1) is 8.98. The summed E-state index contributed by atoms with van der Waals surface area (Å²) in [6.45, 7) is 0. The van der Waals surface area contributed by atoms with Crippen molar-refractivity contribution in [2.24, 2.45) is 5.73 Å². The fourth-order valence-electron chi connectivity index (χ4n) is 0.710. The number of nitrogens with two attached hydrogens (primary N) is 1. The fourth-order valence-corrected chi connectivity index (χ4v) is 0.710. The summed E-state index contributed by atoms with van der Waals surface area (Å²) < 4.78 is 4.02. The van der Waals surface area contributed by atoms with E-state index in [0.29, 0.717) is 0 Å². The maximum atomic E-state index is 10.9. The lowest BCUT2D eigenvalue weighted by Crippen LogP contribution is -2.20. The summed E-state index contributed by atoms with van der Waals surface area (Å²) >= 11 is 0. The number of aromatic nitrogens is 1. The average molecular weight is 182 g/mol. The first-order valence-corrected chi connectivity index (χ1v) is 3.30. The molecule has 0 aliphatic rings. The Kier molecular flexibility index (Phi) is 2.44. The molecule has 0 saturated carbocycles. The quantitative estimate of drug-likeness (QED) is 0.456. The topological polar surface area (TPSA) is 102 Å².